The molecule has 0 spiro atoms. The van der Waals surface area contributed by atoms with E-state index in [1.54, 1.807) is 11.3 Å². The Morgan fingerprint density at radius 1 is 1.40 bits per heavy atom. The van der Waals surface area contributed by atoms with Crippen LogP contribution in [0.5, 0.6) is 0 Å². The molecule has 1 atom stereocenters. The van der Waals surface area contributed by atoms with Gasteiger partial charge in [-0.3, -0.25) is 0 Å². The first-order chi connectivity index (χ1) is 7.08. The second-order valence-electron chi connectivity index (χ2n) is 4.54. The highest BCUT2D eigenvalue weighted by Crippen LogP contribution is 2.14. The molecule has 1 aromatic heterocycles. The van der Waals surface area contributed by atoms with Crippen LogP contribution in [0, 0.1) is 12.8 Å². The molecule has 0 amide bonds. The third kappa shape index (κ3) is 5.28. The molecule has 0 aromatic carbocycles. The zero-order valence-corrected chi connectivity index (χ0v) is 10.7. The Kier molecular flexibility index (Phi) is 5.26. The number of nitrogens with zero attached hydrogens (tertiary/aromatic N) is 1. The van der Waals surface area contributed by atoms with Gasteiger partial charge in [0, 0.05) is 11.8 Å². The maximum atomic E-state index is 9.79. The molecule has 1 aromatic rings. The van der Waals surface area contributed by atoms with Crippen LogP contribution >= 0.6 is 11.3 Å². The molecule has 0 bridgehead atoms. The lowest BCUT2D eigenvalue weighted by Crippen LogP contribution is -2.10. The topological polar surface area (TPSA) is 33.1 Å². The Bertz CT molecular complexity index is 283. The average molecular weight is 227 g/mol. The molecule has 1 unspecified atom stereocenters. The maximum Gasteiger partial charge on any atom is 0.0897 e. The van der Waals surface area contributed by atoms with Gasteiger partial charge in [-0.25, -0.2) is 4.98 Å². The van der Waals surface area contributed by atoms with Gasteiger partial charge in [-0.15, -0.1) is 11.3 Å². The van der Waals surface area contributed by atoms with Crippen LogP contribution < -0.4 is 0 Å². The number of aromatic nitrogens is 1. The van der Waals surface area contributed by atoms with Gasteiger partial charge < -0.3 is 5.11 Å². The van der Waals surface area contributed by atoms with Crippen molar-refractivity contribution in [2.24, 2.45) is 5.92 Å². The van der Waals surface area contributed by atoms with Crippen molar-refractivity contribution in [1.29, 1.82) is 0 Å². The predicted octanol–water partition coefficient (Wildman–Crippen LogP) is 3.18. The first-order valence-corrected chi connectivity index (χ1v) is 6.55. The highest BCUT2D eigenvalue weighted by Gasteiger charge is 2.08. The molecule has 15 heavy (non-hydrogen) atoms. The number of hydrogen-bond donors (Lipinski definition) is 1. The molecular formula is C12H21NOS. The van der Waals surface area contributed by atoms with E-state index in [0.29, 0.717) is 6.42 Å². The number of aryl methyl sites for hydroxylation is 1. The number of thiazole rings is 1. The highest BCUT2D eigenvalue weighted by molar-refractivity contribution is 7.09. The van der Waals surface area contributed by atoms with Crippen molar-refractivity contribution < 1.29 is 5.11 Å². The SMILES string of the molecule is Cc1nc(CC(O)CCCC(C)C)cs1. The van der Waals surface area contributed by atoms with Gasteiger partial charge in [-0.1, -0.05) is 26.7 Å². The van der Waals surface area contributed by atoms with E-state index in [1.165, 1.54) is 6.42 Å². The third-order valence-corrected chi connectivity index (χ3v) is 3.25. The second kappa shape index (κ2) is 6.23. The van der Waals surface area contributed by atoms with Gasteiger partial charge in [0.25, 0.3) is 0 Å². The Labute approximate surface area is 96.4 Å². The summed E-state index contributed by atoms with van der Waals surface area (Å²) < 4.78 is 0. The minimum absolute atomic E-state index is 0.217. The zero-order valence-electron chi connectivity index (χ0n) is 9.86. The van der Waals surface area contributed by atoms with Gasteiger partial charge in [0.2, 0.25) is 0 Å². The summed E-state index contributed by atoms with van der Waals surface area (Å²) in [7, 11) is 0. The number of hydrogen-bond acceptors (Lipinski definition) is 3. The van der Waals surface area contributed by atoms with E-state index in [1.807, 2.05) is 12.3 Å². The van der Waals surface area contributed by atoms with Gasteiger partial charge in [-0.2, -0.15) is 0 Å². The van der Waals surface area contributed by atoms with E-state index in [0.717, 1.165) is 29.5 Å². The second-order valence-corrected chi connectivity index (χ2v) is 5.60. The summed E-state index contributed by atoms with van der Waals surface area (Å²) in [5.74, 6) is 0.735. The van der Waals surface area contributed by atoms with Crippen molar-refractivity contribution in [3.63, 3.8) is 0 Å². The lowest BCUT2D eigenvalue weighted by Gasteiger charge is -2.09. The normalized spacial score (nSPS) is 13.4. The van der Waals surface area contributed by atoms with Crippen molar-refractivity contribution in [2.45, 2.75) is 52.6 Å². The third-order valence-electron chi connectivity index (χ3n) is 2.43. The molecule has 0 fully saturated rings. The summed E-state index contributed by atoms with van der Waals surface area (Å²) in [5.41, 5.74) is 1.04. The Hall–Kier alpha value is -0.410. The Balaban J connectivity index is 2.21. The largest absolute Gasteiger partial charge is 0.393 e. The number of aliphatic hydroxyl groups is 1. The highest BCUT2D eigenvalue weighted by atomic mass is 32.1. The fraction of sp³-hybridized carbons (Fsp3) is 0.750. The van der Waals surface area contributed by atoms with E-state index < -0.39 is 0 Å². The van der Waals surface area contributed by atoms with Gasteiger partial charge in [0.1, 0.15) is 0 Å². The summed E-state index contributed by atoms with van der Waals surface area (Å²) in [4.78, 5) is 4.35. The van der Waals surface area contributed by atoms with E-state index in [2.05, 4.69) is 18.8 Å². The lowest BCUT2D eigenvalue weighted by atomic mass is 10.0. The standard InChI is InChI=1S/C12H21NOS/c1-9(2)5-4-6-12(14)7-11-8-15-10(3)13-11/h8-9,12,14H,4-7H2,1-3H3. The Morgan fingerprint density at radius 2 is 2.13 bits per heavy atom. The van der Waals surface area contributed by atoms with Crippen molar-refractivity contribution in [1.82, 2.24) is 4.98 Å². The minimum atomic E-state index is -0.217. The smallest absolute Gasteiger partial charge is 0.0897 e. The summed E-state index contributed by atoms with van der Waals surface area (Å²) in [6.45, 7) is 6.44. The van der Waals surface area contributed by atoms with E-state index in [9.17, 15) is 5.11 Å². The summed E-state index contributed by atoms with van der Waals surface area (Å²) in [6, 6.07) is 0. The molecule has 0 aliphatic carbocycles. The van der Waals surface area contributed by atoms with Crippen LogP contribution in [-0.4, -0.2) is 16.2 Å². The van der Waals surface area contributed by atoms with E-state index >= 15 is 0 Å². The quantitative estimate of drug-likeness (QED) is 0.809. The fourth-order valence-electron chi connectivity index (χ4n) is 1.61. The average Bonchev–Trinajstić information content (AvgIpc) is 2.50. The molecule has 86 valence electrons. The summed E-state index contributed by atoms with van der Waals surface area (Å²) in [6.07, 6.45) is 3.71. The van der Waals surface area contributed by atoms with Crippen LogP contribution in [0.25, 0.3) is 0 Å². The maximum absolute atomic E-state index is 9.79. The monoisotopic (exact) mass is 227 g/mol. The molecule has 1 N–H and O–H groups in total. The molecule has 0 aliphatic heterocycles. The van der Waals surface area contributed by atoms with Crippen LogP contribution in [-0.2, 0) is 6.42 Å². The van der Waals surface area contributed by atoms with E-state index in [4.69, 9.17) is 0 Å². The van der Waals surface area contributed by atoms with Crippen LogP contribution in [0.3, 0.4) is 0 Å². The van der Waals surface area contributed by atoms with Gasteiger partial charge in [0.15, 0.2) is 0 Å². The number of aliphatic hydroxyl groups excluding tert-OH is 1. The van der Waals surface area contributed by atoms with Crippen LogP contribution in [0.4, 0.5) is 0 Å². The van der Waals surface area contributed by atoms with Crippen molar-refractivity contribution >= 4 is 11.3 Å². The first kappa shape index (κ1) is 12.7. The molecule has 1 rings (SSSR count). The van der Waals surface area contributed by atoms with Crippen molar-refractivity contribution in [3.05, 3.63) is 16.1 Å². The summed E-state index contributed by atoms with van der Waals surface area (Å²) in [5, 5.41) is 12.9. The summed E-state index contributed by atoms with van der Waals surface area (Å²) >= 11 is 1.65. The molecule has 0 saturated carbocycles. The molecule has 0 radical (unpaired) electrons. The van der Waals surface area contributed by atoms with Crippen LogP contribution in [0.1, 0.15) is 43.8 Å². The molecule has 1 heterocycles. The predicted molar refractivity (Wildman–Crippen MR) is 65.3 cm³/mol. The van der Waals surface area contributed by atoms with Gasteiger partial charge >= 0.3 is 0 Å². The number of rotatable bonds is 6. The molecule has 0 aliphatic rings. The van der Waals surface area contributed by atoms with E-state index in [-0.39, 0.29) is 6.10 Å². The Morgan fingerprint density at radius 3 is 2.67 bits per heavy atom. The molecular weight excluding hydrogens is 206 g/mol. The van der Waals surface area contributed by atoms with Gasteiger partial charge in [-0.05, 0) is 19.3 Å². The van der Waals surface area contributed by atoms with Crippen LogP contribution in [0.15, 0.2) is 5.38 Å². The van der Waals surface area contributed by atoms with Crippen molar-refractivity contribution in [2.75, 3.05) is 0 Å². The van der Waals surface area contributed by atoms with Gasteiger partial charge in [0.05, 0.1) is 16.8 Å². The fourth-order valence-corrected chi connectivity index (χ4v) is 2.23. The van der Waals surface area contributed by atoms with Crippen molar-refractivity contribution in [3.8, 4) is 0 Å². The first-order valence-electron chi connectivity index (χ1n) is 5.67. The zero-order chi connectivity index (χ0) is 11.3. The molecule has 3 heteroatoms. The molecule has 0 saturated heterocycles. The molecule has 2 nitrogen and oxygen atoms in total. The lowest BCUT2D eigenvalue weighted by molar-refractivity contribution is 0.158. The minimum Gasteiger partial charge on any atom is -0.393 e. The van der Waals surface area contributed by atoms with Crippen LogP contribution in [0.2, 0.25) is 0 Å².